The van der Waals surface area contributed by atoms with E-state index in [0.29, 0.717) is 6.61 Å². The Bertz CT molecular complexity index is 877. The molecular weight excluding hydrogens is 502 g/mol. The van der Waals surface area contributed by atoms with Crippen molar-refractivity contribution in [3.05, 3.63) is 35.9 Å². The summed E-state index contributed by atoms with van der Waals surface area (Å²) in [7, 11) is -4.34. The third-order valence-corrected chi connectivity index (χ3v) is 17.2. The summed E-state index contributed by atoms with van der Waals surface area (Å²) in [6.45, 7) is 25.5. The standard InChI is InChI=1S/C28H51NO6Si2/c1-20(18-34-36(9,10)27(3,4)5)24(29-26(32)33-19-22-16-14-13-15-17-22)23(25(30)31)21(2)35-37(11,12)28(6,7)8/h13-17,20-21,23-24H,18-19H2,1-12H3,(H,29,32)(H,30,31)/t20-,21+,23+,24+/m0/s1. The van der Waals surface area contributed by atoms with Gasteiger partial charge in [0.15, 0.2) is 16.6 Å². The molecular formula is C28H51NO6Si2. The zero-order valence-corrected chi connectivity index (χ0v) is 27.1. The molecule has 2 N–H and O–H groups in total. The van der Waals surface area contributed by atoms with Crippen LogP contribution in [0.3, 0.4) is 0 Å². The van der Waals surface area contributed by atoms with Gasteiger partial charge in [-0.25, -0.2) is 4.79 Å². The van der Waals surface area contributed by atoms with Crippen molar-refractivity contribution >= 4 is 28.7 Å². The van der Waals surface area contributed by atoms with Crippen LogP contribution in [0.15, 0.2) is 30.3 Å². The smallest absolute Gasteiger partial charge is 0.407 e. The lowest BCUT2D eigenvalue weighted by molar-refractivity contribution is -0.147. The Morgan fingerprint density at radius 2 is 1.43 bits per heavy atom. The highest BCUT2D eigenvalue weighted by molar-refractivity contribution is 6.74. The molecule has 37 heavy (non-hydrogen) atoms. The molecule has 0 aliphatic carbocycles. The molecule has 0 bridgehead atoms. The minimum atomic E-state index is -2.26. The van der Waals surface area contributed by atoms with Crippen LogP contribution >= 0.6 is 0 Å². The van der Waals surface area contributed by atoms with Crippen molar-refractivity contribution in [3.63, 3.8) is 0 Å². The predicted molar refractivity (Wildman–Crippen MR) is 155 cm³/mol. The van der Waals surface area contributed by atoms with Gasteiger partial charge in [-0.2, -0.15) is 0 Å². The number of aliphatic carboxylic acids is 1. The molecule has 0 radical (unpaired) electrons. The Balaban J connectivity index is 3.21. The Kier molecular flexibility index (Phi) is 11.6. The number of rotatable bonds is 12. The molecule has 7 nitrogen and oxygen atoms in total. The van der Waals surface area contributed by atoms with Crippen molar-refractivity contribution < 1.29 is 28.3 Å². The van der Waals surface area contributed by atoms with Crippen LogP contribution in [0.5, 0.6) is 0 Å². The molecule has 0 fully saturated rings. The maximum atomic E-state index is 12.9. The number of carbonyl (C=O) groups excluding carboxylic acids is 1. The van der Waals surface area contributed by atoms with E-state index in [9.17, 15) is 14.7 Å². The maximum Gasteiger partial charge on any atom is 0.407 e. The monoisotopic (exact) mass is 553 g/mol. The molecule has 0 heterocycles. The van der Waals surface area contributed by atoms with Crippen molar-refractivity contribution in [1.82, 2.24) is 5.32 Å². The third kappa shape index (κ3) is 9.85. The van der Waals surface area contributed by atoms with Gasteiger partial charge in [0.25, 0.3) is 0 Å². The van der Waals surface area contributed by atoms with Crippen molar-refractivity contribution in [2.24, 2.45) is 11.8 Å². The fourth-order valence-corrected chi connectivity index (χ4v) is 6.05. The van der Waals surface area contributed by atoms with Crippen molar-refractivity contribution in [2.45, 2.75) is 110 Å². The van der Waals surface area contributed by atoms with Crippen molar-refractivity contribution in [2.75, 3.05) is 6.61 Å². The normalized spacial score (nSPS) is 16.4. The number of hydrogen-bond acceptors (Lipinski definition) is 5. The van der Waals surface area contributed by atoms with Gasteiger partial charge in [-0.1, -0.05) is 78.8 Å². The highest BCUT2D eigenvalue weighted by Crippen LogP contribution is 2.39. The molecule has 0 aromatic heterocycles. The number of carboxylic acid groups (broad SMARTS) is 1. The first-order chi connectivity index (χ1) is 16.7. The molecule has 0 aliphatic heterocycles. The molecule has 0 aliphatic rings. The number of ether oxygens (including phenoxy) is 1. The maximum absolute atomic E-state index is 12.9. The molecule has 0 unspecified atom stereocenters. The Morgan fingerprint density at radius 1 is 0.919 bits per heavy atom. The summed E-state index contributed by atoms with van der Waals surface area (Å²) in [5.74, 6) is -2.28. The van der Waals surface area contributed by atoms with Gasteiger partial charge in [-0.3, -0.25) is 4.79 Å². The topological polar surface area (TPSA) is 94.1 Å². The van der Waals surface area contributed by atoms with Gasteiger partial charge in [0.1, 0.15) is 12.5 Å². The third-order valence-electron chi connectivity index (χ3n) is 8.09. The Labute approximate surface area is 226 Å². The van der Waals surface area contributed by atoms with Crippen molar-refractivity contribution in [1.29, 1.82) is 0 Å². The second-order valence-electron chi connectivity index (χ2n) is 13.2. The fraction of sp³-hybridized carbons (Fsp3) is 0.714. The highest BCUT2D eigenvalue weighted by atomic mass is 28.4. The molecule has 1 rings (SSSR count). The van der Waals surface area contributed by atoms with E-state index in [1.54, 1.807) is 6.92 Å². The first-order valence-corrected chi connectivity index (χ1v) is 19.0. The zero-order valence-electron chi connectivity index (χ0n) is 25.1. The van der Waals surface area contributed by atoms with Gasteiger partial charge < -0.3 is 24.0 Å². The molecule has 1 aromatic carbocycles. The van der Waals surface area contributed by atoms with Crippen LogP contribution in [0.1, 0.15) is 61.0 Å². The summed E-state index contributed by atoms with van der Waals surface area (Å²) in [6.07, 6.45) is -1.27. The van der Waals surface area contributed by atoms with E-state index in [4.69, 9.17) is 13.6 Å². The van der Waals surface area contributed by atoms with E-state index in [0.717, 1.165) is 5.56 Å². The van der Waals surface area contributed by atoms with Gasteiger partial charge >= 0.3 is 12.1 Å². The van der Waals surface area contributed by atoms with E-state index in [1.165, 1.54) is 0 Å². The number of hydrogen-bond donors (Lipinski definition) is 2. The summed E-state index contributed by atoms with van der Waals surface area (Å²) in [4.78, 5) is 25.6. The van der Waals surface area contributed by atoms with Gasteiger partial charge in [-0.05, 0) is 54.7 Å². The van der Waals surface area contributed by atoms with Gasteiger partial charge in [-0.15, -0.1) is 0 Å². The average Bonchev–Trinajstić information content (AvgIpc) is 2.74. The largest absolute Gasteiger partial charge is 0.481 e. The van der Waals surface area contributed by atoms with Gasteiger partial charge in [0, 0.05) is 6.61 Å². The molecule has 0 saturated heterocycles. The van der Waals surface area contributed by atoms with Gasteiger partial charge in [0.05, 0.1) is 12.1 Å². The number of nitrogens with one attached hydrogen (secondary N) is 1. The van der Waals surface area contributed by atoms with E-state index >= 15 is 0 Å². The molecule has 212 valence electrons. The lowest BCUT2D eigenvalue weighted by Crippen LogP contribution is -2.55. The van der Waals surface area contributed by atoms with E-state index < -0.39 is 46.8 Å². The second kappa shape index (κ2) is 12.9. The first kappa shape index (κ1) is 33.3. The number of alkyl carbamates (subject to hydrolysis) is 1. The highest BCUT2D eigenvalue weighted by Gasteiger charge is 2.45. The molecule has 4 atom stereocenters. The van der Waals surface area contributed by atoms with Gasteiger partial charge in [0.2, 0.25) is 0 Å². The zero-order chi connectivity index (χ0) is 28.8. The van der Waals surface area contributed by atoms with E-state index in [1.807, 2.05) is 37.3 Å². The first-order valence-electron chi connectivity index (χ1n) is 13.2. The minimum absolute atomic E-state index is 0.00912. The predicted octanol–water partition coefficient (Wildman–Crippen LogP) is 7.05. The minimum Gasteiger partial charge on any atom is -0.481 e. The molecule has 1 aromatic rings. The summed E-state index contributed by atoms with van der Waals surface area (Å²) in [6, 6.07) is 8.64. The van der Waals surface area contributed by atoms with E-state index in [-0.39, 0.29) is 22.6 Å². The number of carbonyl (C=O) groups is 2. The van der Waals surface area contributed by atoms with Crippen LogP contribution in [0.25, 0.3) is 0 Å². The molecule has 9 heteroatoms. The number of benzene rings is 1. The SMILES string of the molecule is C[C@@H](CO[Si](C)(C)C(C)(C)C)[C@@H](NC(=O)OCc1ccccc1)[C@H](C(=O)O)[C@@H](C)O[Si](C)(C)C(C)(C)C. The summed E-state index contributed by atoms with van der Waals surface area (Å²) in [5.41, 5.74) is 0.855. The van der Waals surface area contributed by atoms with Crippen LogP contribution in [0.4, 0.5) is 4.79 Å². The van der Waals surface area contributed by atoms with Crippen LogP contribution in [-0.2, 0) is 25.0 Å². The Morgan fingerprint density at radius 3 is 1.89 bits per heavy atom. The summed E-state index contributed by atoms with van der Waals surface area (Å²) < 4.78 is 18.4. The summed E-state index contributed by atoms with van der Waals surface area (Å²) in [5, 5.41) is 13.2. The quantitative estimate of drug-likeness (QED) is 0.269. The van der Waals surface area contributed by atoms with Crippen molar-refractivity contribution in [3.8, 4) is 0 Å². The van der Waals surface area contributed by atoms with Crippen LogP contribution in [-0.4, -0.2) is 52.6 Å². The lowest BCUT2D eigenvalue weighted by Gasteiger charge is -2.42. The fourth-order valence-electron chi connectivity index (χ4n) is 3.51. The van der Waals surface area contributed by atoms with Crippen LogP contribution < -0.4 is 5.32 Å². The second-order valence-corrected chi connectivity index (χ2v) is 22.8. The van der Waals surface area contributed by atoms with Crippen LogP contribution in [0, 0.1) is 11.8 Å². The van der Waals surface area contributed by atoms with Crippen LogP contribution in [0.2, 0.25) is 36.3 Å². The number of amides is 1. The molecule has 1 amide bonds. The molecule has 0 saturated carbocycles. The molecule has 0 spiro atoms. The number of carboxylic acids is 1. The van der Waals surface area contributed by atoms with E-state index in [2.05, 4.69) is 73.0 Å². The lowest BCUT2D eigenvalue weighted by atomic mass is 9.86. The average molecular weight is 554 g/mol. The summed E-state index contributed by atoms with van der Waals surface area (Å²) >= 11 is 0. The Hall–Kier alpha value is -1.69.